The fourth-order valence-corrected chi connectivity index (χ4v) is 3.36. The number of carbonyl (C=O) groups excluding carboxylic acids is 2. The highest BCUT2D eigenvalue weighted by Crippen LogP contribution is 2.38. The summed E-state index contributed by atoms with van der Waals surface area (Å²) in [5.74, 6) is -0.328. The third-order valence-electron chi connectivity index (χ3n) is 4.54. The molecular weight excluding hydrogens is 424 g/mol. The molecule has 156 valence electrons. The van der Waals surface area contributed by atoms with Crippen LogP contribution in [0.5, 0.6) is 11.5 Å². The third kappa shape index (κ3) is 4.98. The maximum Gasteiger partial charge on any atom is 0.263 e. The molecule has 0 spiro atoms. The Morgan fingerprint density at radius 3 is 2.37 bits per heavy atom. The first-order valence-corrected chi connectivity index (χ1v) is 10.1. The molecule has 2 aromatic carbocycles. The topological polar surface area (TPSA) is 76.7 Å². The minimum absolute atomic E-state index is 0.0229. The standard InChI is InChI=1S/C22H21ClN2O4S/c1-4-28-18-10-15(8-16-20(26)24-22(30)25-21(16)27)9-17(23)19(18)29-11-14-6-5-12(2)13(3)7-14/h5-10H,4,11H2,1-3H3,(H2,24,25,26,27,30). The van der Waals surface area contributed by atoms with Crippen LogP contribution in [0.15, 0.2) is 35.9 Å². The average Bonchev–Trinajstić information content (AvgIpc) is 2.67. The molecule has 0 saturated carbocycles. The van der Waals surface area contributed by atoms with Crippen molar-refractivity contribution < 1.29 is 19.1 Å². The van der Waals surface area contributed by atoms with Gasteiger partial charge in [-0.15, -0.1) is 0 Å². The first kappa shape index (κ1) is 21.8. The Labute approximate surface area is 185 Å². The number of hydrogen-bond acceptors (Lipinski definition) is 5. The molecule has 2 N–H and O–H groups in total. The molecule has 0 atom stereocenters. The Morgan fingerprint density at radius 1 is 1.03 bits per heavy atom. The highest BCUT2D eigenvalue weighted by molar-refractivity contribution is 7.80. The minimum atomic E-state index is -0.576. The minimum Gasteiger partial charge on any atom is -0.490 e. The number of thiocarbonyl (C=S) groups is 1. The summed E-state index contributed by atoms with van der Waals surface area (Å²) in [6.07, 6.45) is 1.42. The number of amides is 2. The van der Waals surface area contributed by atoms with Crippen molar-refractivity contribution in [3.05, 3.63) is 63.2 Å². The molecule has 0 aromatic heterocycles. The van der Waals surface area contributed by atoms with Crippen LogP contribution in [-0.2, 0) is 16.2 Å². The van der Waals surface area contributed by atoms with E-state index in [1.54, 1.807) is 12.1 Å². The van der Waals surface area contributed by atoms with Crippen molar-refractivity contribution in [3.8, 4) is 11.5 Å². The predicted octanol–water partition coefficient (Wildman–Crippen LogP) is 3.85. The molecular formula is C22H21ClN2O4S. The second-order valence-corrected chi connectivity index (χ2v) is 7.58. The summed E-state index contributed by atoms with van der Waals surface area (Å²) in [6, 6.07) is 9.39. The fraction of sp³-hybridized carbons (Fsp3) is 0.227. The van der Waals surface area contributed by atoms with Crippen molar-refractivity contribution in [1.29, 1.82) is 0 Å². The van der Waals surface area contributed by atoms with Crippen molar-refractivity contribution in [2.24, 2.45) is 0 Å². The Morgan fingerprint density at radius 2 is 1.73 bits per heavy atom. The van der Waals surface area contributed by atoms with Gasteiger partial charge in [-0.25, -0.2) is 0 Å². The largest absolute Gasteiger partial charge is 0.490 e. The average molecular weight is 445 g/mol. The van der Waals surface area contributed by atoms with E-state index in [1.165, 1.54) is 17.2 Å². The molecule has 2 aromatic rings. The van der Waals surface area contributed by atoms with E-state index < -0.39 is 11.8 Å². The van der Waals surface area contributed by atoms with E-state index in [0.29, 0.717) is 35.3 Å². The lowest BCUT2D eigenvalue weighted by atomic mass is 10.1. The maximum absolute atomic E-state index is 12.1. The van der Waals surface area contributed by atoms with Crippen molar-refractivity contribution in [2.75, 3.05) is 6.61 Å². The van der Waals surface area contributed by atoms with Gasteiger partial charge in [0.1, 0.15) is 12.2 Å². The van der Waals surface area contributed by atoms with Crippen LogP contribution in [-0.4, -0.2) is 23.5 Å². The number of carbonyl (C=O) groups is 2. The van der Waals surface area contributed by atoms with Gasteiger partial charge in [0.15, 0.2) is 16.6 Å². The number of halogens is 1. The lowest BCUT2D eigenvalue weighted by molar-refractivity contribution is -0.123. The first-order valence-electron chi connectivity index (χ1n) is 9.32. The summed E-state index contributed by atoms with van der Waals surface area (Å²) in [4.78, 5) is 24.2. The lowest BCUT2D eigenvalue weighted by Crippen LogP contribution is -2.51. The van der Waals surface area contributed by atoms with Crippen LogP contribution in [0, 0.1) is 13.8 Å². The zero-order chi connectivity index (χ0) is 21.8. The molecule has 2 amide bonds. The number of nitrogens with one attached hydrogen (secondary N) is 2. The Bertz CT molecular complexity index is 1040. The van der Waals surface area contributed by atoms with Crippen LogP contribution in [0.25, 0.3) is 6.08 Å². The van der Waals surface area contributed by atoms with Gasteiger partial charge in [0.05, 0.1) is 11.6 Å². The second-order valence-electron chi connectivity index (χ2n) is 6.77. The van der Waals surface area contributed by atoms with Crippen LogP contribution in [0.3, 0.4) is 0 Å². The van der Waals surface area contributed by atoms with E-state index in [-0.39, 0.29) is 10.7 Å². The molecule has 0 aliphatic carbocycles. The molecule has 1 aliphatic heterocycles. The SMILES string of the molecule is CCOc1cc(C=C2C(=O)NC(=S)NC2=O)cc(Cl)c1OCc1ccc(C)c(C)c1. The Kier molecular flexibility index (Phi) is 6.74. The van der Waals surface area contributed by atoms with Crippen LogP contribution in [0.4, 0.5) is 0 Å². The summed E-state index contributed by atoms with van der Waals surface area (Å²) in [6.45, 7) is 6.66. The third-order valence-corrected chi connectivity index (χ3v) is 5.03. The van der Waals surface area contributed by atoms with Crippen LogP contribution < -0.4 is 20.1 Å². The summed E-state index contributed by atoms with van der Waals surface area (Å²) in [5, 5.41) is 5.08. The first-order chi connectivity index (χ1) is 14.3. The van der Waals surface area contributed by atoms with Gasteiger partial charge in [0.2, 0.25) is 0 Å². The normalized spacial score (nSPS) is 13.6. The highest BCUT2D eigenvalue weighted by Gasteiger charge is 2.26. The molecule has 8 heteroatoms. The van der Waals surface area contributed by atoms with E-state index in [0.717, 1.165) is 5.56 Å². The van der Waals surface area contributed by atoms with E-state index in [2.05, 4.69) is 23.6 Å². The fourth-order valence-electron chi connectivity index (χ4n) is 2.90. The van der Waals surface area contributed by atoms with E-state index in [4.69, 9.17) is 33.3 Å². The van der Waals surface area contributed by atoms with Crippen molar-refractivity contribution in [3.63, 3.8) is 0 Å². The van der Waals surface area contributed by atoms with E-state index >= 15 is 0 Å². The number of hydrogen-bond donors (Lipinski definition) is 2. The number of rotatable bonds is 6. The van der Waals surface area contributed by atoms with Gasteiger partial charge in [-0.1, -0.05) is 29.8 Å². The van der Waals surface area contributed by atoms with Gasteiger partial charge in [-0.2, -0.15) is 0 Å². The molecule has 0 unspecified atom stereocenters. The van der Waals surface area contributed by atoms with Gasteiger partial charge in [0, 0.05) is 0 Å². The number of ether oxygens (including phenoxy) is 2. The van der Waals surface area contributed by atoms with Gasteiger partial charge in [-0.05, 0) is 73.5 Å². The zero-order valence-corrected chi connectivity index (χ0v) is 18.4. The van der Waals surface area contributed by atoms with Crippen LogP contribution in [0.1, 0.15) is 29.2 Å². The Balaban J connectivity index is 1.89. The second kappa shape index (κ2) is 9.28. The summed E-state index contributed by atoms with van der Waals surface area (Å²) in [7, 11) is 0. The van der Waals surface area contributed by atoms with Crippen LogP contribution >= 0.6 is 23.8 Å². The van der Waals surface area contributed by atoms with Gasteiger partial charge >= 0.3 is 0 Å². The summed E-state index contributed by atoms with van der Waals surface area (Å²) < 4.78 is 11.6. The molecule has 1 heterocycles. The molecule has 6 nitrogen and oxygen atoms in total. The molecule has 1 saturated heterocycles. The smallest absolute Gasteiger partial charge is 0.263 e. The number of aryl methyl sites for hydroxylation is 2. The molecule has 1 fully saturated rings. The molecule has 0 radical (unpaired) electrons. The van der Waals surface area contributed by atoms with Gasteiger partial charge in [-0.3, -0.25) is 20.2 Å². The molecule has 3 rings (SSSR count). The predicted molar refractivity (Wildman–Crippen MR) is 120 cm³/mol. The number of benzene rings is 2. The maximum atomic E-state index is 12.1. The van der Waals surface area contributed by atoms with Gasteiger partial charge in [0.25, 0.3) is 11.8 Å². The van der Waals surface area contributed by atoms with Crippen molar-refractivity contribution in [2.45, 2.75) is 27.4 Å². The Hall–Kier alpha value is -2.90. The lowest BCUT2D eigenvalue weighted by Gasteiger charge is -2.17. The molecule has 1 aliphatic rings. The van der Waals surface area contributed by atoms with Crippen molar-refractivity contribution >= 4 is 46.8 Å². The summed E-state index contributed by atoms with van der Waals surface area (Å²) in [5.41, 5.74) is 3.84. The quantitative estimate of drug-likeness (QED) is 0.402. The van der Waals surface area contributed by atoms with E-state index in [9.17, 15) is 9.59 Å². The van der Waals surface area contributed by atoms with E-state index in [1.807, 2.05) is 26.0 Å². The van der Waals surface area contributed by atoms with Crippen LogP contribution in [0.2, 0.25) is 5.02 Å². The molecule has 0 bridgehead atoms. The van der Waals surface area contributed by atoms with Crippen molar-refractivity contribution in [1.82, 2.24) is 10.6 Å². The summed E-state index contributed by atoms with van der Waals surface area (Å²) >= 11 is 11.3. The molecule has 30 heavy (non-hydrogen) atoms. The monoisotopic (exact) mass is 444 g/mol. The van der Waals surface area contributed by atoms with Gasteiger partial charge < -0.3 is 9.47 Å². The highest BCUT2D eigenvalue weighted by atomic mass is 35.5. The zero-order valence-electron chi connectivity index (χ0n) is 16.8.